The van der Waals surface area contributed by atoms with Gasteiger partial charge in [0.25, 0.3) is 0 Å². The molecule has 0 bridgehead atoms. The Labute approximate surface area is 158 Å². The molecule has 3 heterocycles. The van der Waals surface area contributed by atoms with E-state index in [0.717, 1.165) is 5.56 Å². The van der Waals surface area contributed by atoms with Crippen LogP contribution in [0.5, 0.6) is 0 Å². The van der Waals surface area contributed by atoms with Gasteiger partial charge in [-0.15, -0.1) is 0 Å². The van der Waals surface area contributed by atoms with E-state index in [-0.39, 0.29) is 12.1 Å². The Hall–Kier alpha value is -1.35. The fourth-order valence-corrected chi connectivity index (χ4v) is 3.66. The average molecular weight is 378 g/mol. The second-order valence-corrected chi connectivity index (χ2v) is 7.46. The third kappa shape index (κ3) is 4.39. The molecule has 1 aromatic carbocycles. The van der Waals surface area contributed by atoms with E-state index in [9.17, 15) is 4.79 Å². The van der Waals surface area contributed by atoms with E-state index >= 15 is 0 Å². The highest BCUT2D eigenvalue weighted by atomic mass is 16.8. The van der Waals surface area contributed by atoms with E-state index in [1.807, 2.05) is 44.2 Å². The summed E-state index contributed by atoms with van der Waals surface area (Å²) in [4.78, 5) is 12.8. The molecular weight excluding hydrogens is 352 g/mol. The highest BCUT2D eigenvalue weighted by Crippen LogP contribution is 2.39. The van der Waals surface area contributed by atoms with Crippen LogP contribution < -0.4 is 0 Å². The van der Waals surface area contributed by atoms with Gasteiger partial charge in [0.05, 0.1) is 19.8 Å². The highest BCUT2D eigenvalue weighted by Gasteiger charge is 2.57. The maximum atomic E-state index is 12.8. The lowest BCUT2D eigenvalue weighted by Crippen LogP contribution is -2.40. The number of carbonyl (C=O) groups is 1. The van der Waals surface area contributed by atoms with Crippen LogP contribution in [-0.4, -0.2) is 55.7 Å². The van der Waals surface area contributed by atoms with E-state index < -0.39 is 30.4 Å². The van der Waals surface area contributed by atoms with Gasteiger partial charge in [-0.25, -0.2) is 0 Å². The van der Waals surface area contributed by atoms with Gasteiger partial charge in [-0.1, -0.05) is 30.3 Å². The van der Waals surface area contributed by atoms with E-state index in [1.165, 1.54) is 0 Å². The number of ether oxygens (including phenoxy) is 6. The van der Waals surface area contributed by atoms with Gasteiger partial charge in [0, 0.05) is 12.8 Å². The molecule has 0 spiro atoms. The zero-order valence-electron chi connectivity index (χ0n) is 15.7. The molecule has 0 aromatic heterocycles. The zero-order chi connectivity index (χ0) is 18.9. The second-order valence-electron chi connectivity index (χ2n) is 7.46. The molecule has 4 atom stereocenters. The van der Waals surface area contributed by atoms with E-state index in [0.29, 0.717) is 32.7 Å². The van der Waals surface area contributed by atoms with Crippen LogP contribution in [0.2, 0.25) is 0 Å². The third-order valence-corrected chi connectivity index (χ3v) is 4.91. The summed E-state index contributed by atoms with van der Waals surface area (Å²) in [7, 11) is 0. The maximum absolute atomic E-state index is 12.8. The van der Waals surface area contributed by atoms with Gasteiger partial charge < -0.3 is 28.4 Å². The average Bonchev–Trinajstić information content (AvgIpc) is 3.34. The fourth-order valence-electron chi connectivity index (χ4n) is 3.66. The third-order valence-electron chi connectivity index (χ3n) is 4.91. The molecule has 148 valence electrons. The largest absolute Gasteiger partial charge is 0.367 e. The molecule has 7 heteroatoms. The van der Waals surface area contributed by atoms with Crippen LogP contribution >= 0.6 is 0 Å². The van der Waals surface area contributed by atoms with Crippen LogP contribution in [-0.2, 0) is 39.8 Å². The minimum Gasteiger partial charge on any atom is -0.367 e. The van der Waals surface area contributed by atoms with Crippen LogP contribution in [0.25, 0.3) is 0 Å². The SMILES string of the molecule is CC1(C)O[C@H]2O[C@H](C(=O)CCC3OCCO3)[C@H](OCc3ccccc3)[C@H]2O1. The molecule has 4 rings (SSSR count). The first kappa shape index (κ1) is 19.0. The lowest BCUT2D eigenvalue weighted by molar-refractivity contribution is -0.218. The predicted octanol–water partition coefficient (Wildman–Crippen LogP) is 2.17. The first-order valence-electron chi connectivity index (χ1n) is 9.44. The molecule has 27 heavy (non-hydrogen) atoms. The number of benzene rings is 1. The highest BCUT2D eigenvalue weighted by molar-refractivity contribution is 5.84. The van der Waals surface area contributed by atoms with Gasteiger partial charge in [0.2, 0.25) is 0 Å². The van der Waals surface area contributed by atoms with E-state index in [2.05, 4.69) is 0 Å². The molecule has 7 nitrogen and oxygen atoms in total. The van der Waals surface area contributed by atoms with Crippen LogP contribution in [0.1, 0.15) is 32.3 Å². The van der Waals surface area contributed by atoms with Gasteiger partial charge in [0.15, 0.2) is 24.2 Å². The summed E-state index contributed by atoms with van der Waals surface area (Å²) in [6, 6.07) is 9.82. The Morgan fingerprint density at radius 1 is 1.15 bits per heavy atom. The minimum absolute atomic E-state index is 0.0495. The Balaban J connectivity index is 1.41. The lowest BCUT2D eigenvalue weighted by Gasteiger charge is -2.25. The van der Waals surface area contributed by atoms with Crippen molar-refractivity contribution in [3.8, 4) is 0 Å². The normalized spacial score (nSPS) is 32.7. The molecular formula is C20H26O7. The summed E-state index contributed by atoms with van der Waals surface area (Å²) in [5.74, 6) is -0.810. The number of Topliss-reactive ketones (excluding diaryl/α,β-unsaturated/α-hetero) is 1. The van der Waals surface area contributed by atoms with Crippen LogP contribution in [0.4, 0.5) is 0 Å². The van der Waals surface area contributed by atoms with Crippen molar-refractivity contribution in [2.24, 2.45) is 0 Å². The molecule has 0 amide bonds. The molecule has 0 unspecified atom stereocenters. The quantitative estimate of drug-likeness (QED) is 0.720. The lowest BCUT2D eigenvalue weighted by atomic mass is 10.0. The minimum atomic E-state index is -0.761. The molecule has 0 N–H and O–H groups in total. The molecule has 3 saturated heterocycles. The summed E-state index contributed by atoms with van der Waals surface area (Å²) < 4.78 is 34.5. The summed E-state index contributed by atoms with van der Waals surface area (Å²) in [5, 5.41) is 0. The topological polar surface area (TPSA) is 72.5 Å². The Morgan fingerprint density at radius 2 is 1.89 bits per heavy atom. The predicted molar refractivity (Wildman–Crippen MR) is 93.7 cm³/mol. The maximum Gasteiger partial charge on any atom is 0.190 e. The number of fused-ring (bicyclic) bond motifs is 1. The van der Waals surface area contributed by atoms with Crippen molar-refractivity contribution in [3.05, 3.63) is 35.9 Å². The summed E-state index contributed by atoms with van der Waals surface area (Å²) >= 11 is 0. The van der Waals surface area contributed by atoms with Crippen molar-refractivity contribution in [3.63, 3.8) is 0 Å². The van der Waals surface area contributed by atoms with Gasteiger partial charge in [-0.05, 0) is 19.4 Å². The Morgan fingerprint density at radius 3 is 2.63 bits per heavy atom. The van der Waals surface area contributed by atoms with Crippen LogP contribution in [0.15, 0.2) is 30.3 Å². The smallest absolute Gasteiger partial charge is 0.190 e. The van der Waals surface area contributed by atoms with Crippen molar-refractivity contribution in [2.45, 2.75) is 70.0 Å². The monoisotopic (exact) mass is 378 g/mol. The van der Waals surface area contributed by atoms with Gasteiger partial charge >= 0.3 is 0 Å². The Kier molecular flexibility index (Phi) is 5.59. The standard InChI is InChI=1S/C20H26O7/c1-20(2)26-18-17(24-12-13-6-4-3-5-7-13)16(25-19(18)27-20)14(21)8-9-15-22-10-11-23-15/h3-7,15-19H,8-12H2,1-2H3/t16-,17+,18-,19-/m1/s1. The molecule has 0 aliphatic carbocycles. The van der Waals surface area contributed by atoms with Crippen LogP contribution in [0.3, 0.4) is 0 Å². The van der Waals surface area contributed by atoms with E-state index in [1.54, 1.807) is 0 Å². The van der Waals surface area contributed by atoms with Gasteiger partial charge in [0.1, 0.15) is 18.3 Å². The number of hydrogen-bond donors (Lipinski definition) is 0. The van der Waals surface area contributed by atoms with Crippen molar-refractivity contribution < 1.29 is 33.2 Å². The van der Waals surface area contributed by atoms with Crippen molar-refractivity contribution in [1.29, 1.82) is 0 Å². The molecule has 0 radical (unpaired) electrons. The zero-order valence-corrected chi connectivity index (χ0v) is 15.7. The number of hydrogen-bond acceptors (Lipinski definition) is 7. The number of ketones is 1. The number of carbonyl (C=O) groups excluding carboxylic acids is 1. The second kappa shape index (κ2) is 7.95. The van der Waals surface area contributed by atoms with Crippen molar-refractivity contribution >= 4 is 5.78 Å². The molecule has 0 saturated carbocycles. The molecule has 3 aliphatic heterocycles. The molecule has 3 aliphatic rings. The van der Waals surface area contributed by atoms with Crippen LogP contribution in [0, 0.1) is 0 Å². The summed E-state index contributed by atoms with van der Waals surface area (Å²) in [5.41, 5.74) is 1.03. The van der Waals surface area contributed by atoms with E-state index in [4.69, 9.17) is 28.4 Å². The van der Waals surface area contributed by atoms with Crippen molar-refractivity contribution in [2.75, 3.05) is 13.2 Å². The van der Waals surface area contributed by atoms with Crippen molar-refractivity contribution in [1.82, 2.24) is 0 Å². The molecule has 3 fully saturated rings. The Bertz CT molecular complexity index is 641. The number of rotatable bonds is 7. The van der Waals surface area contributed by atoms with Gasteiger partial charge in [-0.2, -0.15) is 0 Å². The summed E-state index contributed by atoms with van der Waals surface area (Å²) in [6.45, 7) is 5.18. The molecule has 1 aromatic rings. The fraction of sp³-hybridized carbons (Fsp3) is 0.650. The first-order valence-corrected chi connectivity index (χ1v) is 9.44. The first-order chi connectivity index (χ1) is 13.0. The van der Waals surface area contributed by atoms with Gasteiger partial charge in [-0.3, -0.25) is 4.79 Å². The summed E-state index contributed by atoms with van der Waals surface area (Å²) in [6.07, 6.45) is -1.79.